The first-order valence-corrected chi connectivity index (χ1v) is 6.10. The maximum absolute atomic E-state index is 10.7. The van der Waals surface area contributed by atoms with Crippen molar-refractivity contribution >= 4 is 19.9 Å². The molecule has 1 aliphatic heterocycles. The van der Waals surface area contributed by atoms with Gasteiger partial charge in [-0.1, -0.05) is 6.08 Å². The van der Waals surface area contributed by atoms with Gasteiger partial charge in [0, 0.05) is 0 Å². The van der Waals surface area contributed by atoms with Crippen LogP contribution < -0.4 is 5.14 Å². The van der Waals surface area contributed by atoms with E-state index in [-0.39, 0.29) is 10.7 Å². The quantitative estimate of drug-likeness (QED) is 0.558. The first-order chi connectivity index (χ1) is 4.81. The summed E-state index contributed by atoms with van der Waals surface area (Å²) in [7, 11) is -7.02. The fourth-order valence-corrected chi connectivity index (χ4v) is 3.49. The zero-order chi connectivity index (χ0) is 8.70. The maximum atomic E-state index is 10.7. The summed E-state index contributed by atoms with van der Waals surface area (Å²) in [6, 6.07) is 0. The van der Waals surface area contributed by atoms with Gasteiger partial charge < -0.3 is 0 Å². The van der Waals surface area contributed by atoms with Crippen LogP contribution in [0.2, 0.25) is 0 Å². The minimum absolute atomic E-state index is 0.197. The van der Waals surface area contributed by atoms with Gasteiger partial charge in [0.2, 0.25) is 10.0 Å². The van der Waals surface area contributed by atoms with Gasteiger partial charge >= 0.3 is 0 Å². The standard InChI is InChI=1S/C4H7NO4S2/c5-11(8,9)4-1-2-10(6,7)3-4/h1H,2-3H2,(H2,5,8,9). The Hall–Kier alpha value is -0.400. The van der Waals surface area contributed by atoms with Crippen LogP contribution in [-0.4, -0.2) is 28.3 Å². The van der Waals surface area contributed by atoms with E-state index in [0.29, 0.717) is 0 Å². The fourth-order valence-electron chi connectivity index (χ4n) is 0.753. The summed E-state index contributed by atoms with van der Waals surface area (Å²) >= 11 is 0. The Morgan fingerprint density at radius 2 is 2.00 bits per heavy atom. The van der Waals surface area contributed by atoms with Crippen molar-refractivity contribution < 1.29 is 16.8 Å². The van der Waals surface area contributed by atoms with Crippen LogP contribution >= 0.6 is 0 Å². The summed E-state index contributed by atoms with van der Waals surface area (Å²) in [5.74, 6) is -0.676. The Morgan fingerprint density at radius 3 is 2.18 bits per heavy atom. The van der Waals surface area contributed by atoms with E-state index in [1.165, 1.54) is 0 Å². The Bertz CT molecular complexity index is 388. The molecule has 0 amide bonds. The van der Waals surface area contributed by atoms with E-state index in [1.54, 1.807) is 0 Å². The van der Waals surface area contributed by atoms with Gasteiger partial charge in [-0.25, -0.2) is 22.0 Å². The van der Waals surface area contributed by atoms with Crippen LogP contribution in [0, 0.1) is 0 Å². The Morgan fingerprint density at radius 1 is 1.45 bits per heavy atom. The number of hydrogen-bond acceptors (Lipinski definition) is 4. The second-order valence-electron chi connectivity index (χ2n) is 2.27. The van der Waals surface area contributed by atoms with E-state index in [2.05, 4.69) is 0 Å². The van der Waals surface area contributed by atoms with E-state index in [9.17, 15) is 16.8 Å². The molecule has 0 aromatic heterocycles. The lowest BCUT2D eigenvalue weighted by molar-refractivity contribution is 0.597. The minimum atomic E-state index is -3.79. The third-order valence-corrected chi connectivity index (χ3v) is 3.94. The number of hydrogen-bond donors (Lipinski definition) is 1. The van der Waals surface area contributed by atoms with E-state index >= 15 is 0 Å². The van der Waals surface area contributed by atoms with Crippen LogP contribution in [0.5, 0.6) is 0 Å². The zero-order valence-electron chi connectivity index (χ0n) is 5.52. The lowest BCUT2D eigenvalue weighted by atomic mass is 10.6. The number of rotatable bonds is 1. The van der Waals surface area contributed by atoms with E-state index < -0.39 is 25.6 Å². The number of primary sulfonamides is 1. The summed E-state index contributed by atoms with van der Waals surface area (Å²) in [6.45, 7) is 0. The van der Waals surface area contributed by atoms with Gasteiger partial charge in [0.05, 0.1) is 16.4 Å². The highest BCUT2D eigenvalue weighted by Gasteiger charge is 2.26. The van der Waals surface area contributed by atoms with Crippen molar-refractivity contribution in [1.82, 2.24) is 0 Å². The van der Waals surface area contributed by atoms with Crippen molar-refractivity contribution in [2.45, 2.75) is 0 Å². The highest BCUT2D eigenvalue weighted by molar-refractivity contribution is 7.97. The van der Waals surface area contributed by atoms with Crippen molar-refractivity contribution in [2.24, 2.45) is 5.14 Å². The van der Waals surface area contributed by atoms with Crippen LogP contribution in [0.25, 0.3) is 0 Å². The summed E-state index contributed by atoms with van der Waals surface area (Å²) in [5.41, 5.74) is 0. The van der Waals surface area contributed by atoms with E-state index in [1.807, 2.05) is 0 Å². The molecule has 0 saturated heterocycles. The average Bonchev–Trinajstić information content (AvgIpc) is 2.07. The van der Waals surface area contributed by atoms with Crippen molar-refractivity contribution in [3.63, 3.8) is 0 Å². The summed E-state index contributed by atoms with van der Waals surface area (Å²) < 4.78 is 42.6. The van der Waals surface area contributed by atoms with Crippen molar-refractivity contribution in [3.05, 3.63) is 11.0 Å². The second kappa shape index (κ2) is 2.29. The predicted molar refractivity (Wildman–Crippen MR) is 39.8 cm³/mol. The molecular formula is C4H7NO4S2. The van der Waals surface area contributed by atoms with Gasteiger partial charge in [0.25, 0.3) is 0 Å². The molecule has 2 N–H and O–H groups in total. The third-order valence-electron chi connectivity index (χ3n) is 1.29. The van der Waals surface area contributed by atoms with Gasteiger partial charge in [-0.2, -0.15) is 0 Å². The number of sulfonamides is 1. The number of sulfone groups is 1. The molecule has 1 rings (SSSR count). The molecule has 0 aromatic rings. The molecular weight excluding hydrogens is 190 g/mol. The van der Waals surface area contributed by atoms with Crippen LogP contribution in [0.1, 0.15) is 0 Å². The Balaban J connectivity index is 3.02. The third kappa shape index (κ3) is 2.01. The molecule has 0 bridgehead atoms. The molecule has 11 heavy (non-hydrogen) atoms. The van der Waals surface area contributed by atoms with Gasteiger partial charge in [-0.3, -0.25) is 0 Å². The molecule has 7 heteroatoms. The lowest BCUT2D eigenvalue weighted by Crippen LogP contribution is -2.17. The fraction of sp³-hybridized carbons (Fsp3) is 0.500. The van der Waals surface area contributed by atoms with Crippen molar-refractivity contribution in [2.75, 3.05) is 11.5 Å². The van der Waals surface area contributed by atoms with Gasteiger partial charge in [-0.05, 0) is 0 Å². The Labute approximate surface area is 64.9 Å². The van der Waals surface area contributed by atoms with Crippen LogP contribution in [0.4, 0.5) is 0 Å². The van der Waals surface area contributed by atoms with E-state index in [4.69, 9.17) is 5.14 Å². The van der Waals surface area contributed by atoms with Crippen LogP contribution in [-0.2, 0) is 19.9 Å². The van der Waals surface area contributed by atoms with Gasteiger partial charge in [0.1, 0.15) is 0 Å². The highest BCUT2D eigenvalue weighted by Crippen LogP contribution is 2.14. The largest absolute Gasteiger partial charge is 0.234 e. The summed E-state index contributed by atoms with van der Waals surface area (Å²) in [5, 5.41) is 4.70. The molecule has 0 aliphatic carbocycles. The van der Waals surface area contributed by atoms with E-state index in [0.717, 1.165) is 6.08 Å². The van der Waals surface area contributed by atoms with Crippen LogP contribution in [0.3, 0.4) is 0 Å². The molecule has 0 aromatic carbocycles. The van der Waals surface area contributed by atoms with Crippen molar-refractivity contribution in [1.29, 1.82) is 0 Å². The second-order valence-corrected chi connectivity index (χ2v) is 5.99. The summed E-state index contributed by atoms with van der Waals surface area (Å²) in [4.78, 5) is -0.197. The molecule has 64 valence electrons. The first-order valence-electron chi connectivity index (χ1n) is 2.73. The summed E-state index contributed by atoms with van der Waals surface area (Å²) in [6.07, 6.45) is 1.13. The predicted octanol–water partition coefficient (Wildman–Crippen LogP) is -1.41. The minimum Gasteiger partial charge on any atom is -0.228 e. The molecule has 1 aliphatic rings. The molecule has 0 radical (unpaired) electrons. The van der Waals surface area contributed by atoms with Crippen LogP contribution in [0.15, 0.2) is 11.0 Å². The molecule has 0 saturated carbocycles. The normalized spacial score (nSPS) is 23.2. The molecule has 0 spiro atoms. The Kier molecular flexibility index (Phi) is 1.81. The molecule has 0 atom stereocenters. The maximum Gasteiger partial charge on any atom is 0.234 e. The van der Waals surface area contributed by atoms with Gasteiger partial charge in [-0.15, -0.1) is 0 Å². The molecule has 0 fully saturated rings. The smallest absolute Gasteiger partial charge is 0.228 e. The van der Waals surface area contributed by atoms with Crippen molar-refractivity contribution in [3.8, 4) is 0 Å². The molecule has 5 nitrogen and oxygen atoms in total. The topological polar surface area (TPSA) is 94.3 Å². The van der Waals surface area contributed by atoms with Gasteiger partial charge in [0.15, 0.2) is 9.84 Å². The zero-order valence-corrected chi connectivity index (χ0v) is 7.15. The number of nitrogens with two attached hydrogens (primary N) is 1. The SMILES string of the molecule is NS(=O)(=O)C1=CCS(=O)(=O)C1. The first kappa shape index (κ1) is 8.69. The monoisotopic (exact) mass is 197 g/mol. The highest BCUT2D eigenvalue weighted by atomic mass is 32.2. The molecule has 1 heterocycles. The lowest BCUT2D eigenvalue weighted by Gasteiger charge is -1.94. The molecule has 0 unspecified atom stereocenters. The average molecular weight is 197 g/mol.